The number of ether oxygens (including phenoxy) is 1. The van der Waals surface area contributed by atoms with Gasteiger partial charge < -0.3 is 25.5 Å². The molecule has 0 bridgehead atoms. The Balaban J connectivity index is 1.46. The zero-order chi connectivity index (χ0) is 20.6. The molecule has 4 N–H and O–H groups in total. The van der Waals surface area contributed by atoms with Gasteiger partial charge in [-0.05, 0) is 37.1 Å². The molecule has 2 aromatic carbocycles. The lowest BCUT2D eigenvalue weighted by molar-refractivity contribution is -0.119. The Morgan fingerprint density at radius 3 is 2.59 bits per heavy atom. The number of fused-ring (bicyclic) bond motifs is 1. The lowest BCUT2D eigenvalue weighted by Crippen LogP contribution is -2.37. The van der Waals surface area contributed by atoms with Gasteiger partial charge in [0.2, 0.25) is 0 Å². The van der Waals surface area contributed by atoms with E-state index in [0.29, 0.717) is 18.3 Å². The number of carbonyl (C=O) groups is 1. The van der Waals surface area contributed by atoms with Crippen LogP contribution in [0.15, 0.2) is 57.9 Å². The molecule has 3 aromatic rings. The highest BCUT2D eigenvalue weighted by Gasteiger charge is 2.10. The summed E-state index contributed by atoms with van der Waals surface area (Å²) in [6.45, 7) is 3.23. The first-order valence-corrected chi connectivity index (χ1v) is 9.48. The maximum atomic E-state index is 10.7. The fourth-order valence-corrected chi connectivity index (χ4v) is 3.01. The van der Waals surface area contributed by atoms with Crippen molar-refractivity contribution in [3.8, 4) is 5.75 Å². The van der Waals surface area contributed by atoms with E-state index in [-0.39, 0.29) is 6.61 Å². The van der Waals surface area contributed by atoms with Gasteiger partial charge in [-0.15, -0.1) is 0 Å². The molecule has 1 amide bonds. The van der Waals surface area contributed by atoms with Crippen LogP contribution < -0.4 is 21.1 Å². The molecule has 0 fully saturated rings. The van der Waals surface area contributed by atoms with Crippen LogP contribution in [0.1, 0.15) is 16.9 Å². The highest BCUT2D eigenvalue weighted by Crippen LogP contribution is 2.24. The number of hydrogen-bond acceptors (Lipinski definition) is 4. The Bertz CT molecular complexity index is 993. The molecule has 0 unspecified atom stereocenters. The number of nitrogens with zero attached hydrogens (tertiary/aromatic N) is 1. The quantitative estimate of drug-likeness (QED) is 0.402. The Labute approximate surface area is 169 Å². The summed E-state index contributed by atoms with van der Waals surface area (Å²) in [6, 6.07) is 15.6. The second kappa shape index (κ2) is 9.64. The van der Waals surface area contributed by atoms with E-state index >= 15 is 0 Å². The molecule has 7 heteroatoms. The Morgan fingerprint density at radius 2 is 1.90 bits per heavy atom. The fraction of sp³-hybridized carbons (Fsp3) is 0.273. The lowest BCUT2D eigenvalue weighted by atomic mass is 10.1. The molecular weight excluding hydrogens is 368 g/mol. The normalized spacial score (nSPS) is 11.4. The SMILES string of the molecule is CN=C(NCCc1ccc(OCC(N)=O)cc1)NCc1oc2ccccc2c1C. The van der Waals surface area contributed by atoms with E-state index in [1.807, 2.05) is 42.5 Å². The van der Waals surface area contributed by atoms with Gasteiger partial charge in [0.05, 0.1) is 6.54 Å². The van der Waals surface area contributed by atoms with Gasteiger partial charge in [0, 0.05) is 24.5 Å². The van der Waals surface area contributed by atoms with Crippen LogP contribution in [0.2, 0.25) is 0 Å². The highest BCUT2D eigenvalue weighted by atomic mass is 16.5. The van der Waals surface area contributed by atoms with Gasteiger partial charge in [-0.1, -0.05) is 30.3 Å². The van der Waals surface area contributed by atoms with Gasteiger partial charge in [-0.25, -0.2) is 0 Å². The molecule has 0 saturated heterocycles. The maximum absolute atomic E-state index is 10.7. The Hall–Kier alpha value is -3.48. The molecule has 0 atom stereocenters. The van der Waals surface area contributed by atoms with Crippen molar-refractivity contribution in [1.82, 2.24) is 10.6 Å². The average molecular weight is 394 g/mol. The van der Waals surface area contributed by atoms with E-state index in [0.717, 1.165) is 40.8 Å². The van der Waals surface area contributed by atoms with Crippen molar-refractivity contribution in [3.63, 3.8) is 0 Å². The van der Waals surface area contributed by atoms with Gasteiger partial charge in [0.1, 0.15) is 17.1 Å². The second-order valence-corrected chi connectivity index (χ2v) is 6.65. The molecule has 0 saturated carbocycles. The monoisotopic (exact) mass is 394 g/mol. The summed E-state index contributed by atoms with van der Waals surface area (Å²) in [6.07, 6.45) is 0.820. The van der Waals surface area contributed by atoms with Gasteiger partial charge >= 0.3 is 0 Å². The van der Waals surface area contributed by atoms with Gasteiger partial charge in [0.15, 0.2) is 12.6 Å². The molecule has 0 spiro atoms. The van der Waals surface area contributed by atoms with E-state index in [9.17, 15) is 4.79 Å². The summed E-state index contributed by atoms with van der Waals surface area (Å²) < 4.78 is 11.2. The van der Waals surface area contributed by atoms with E-state index in [2.05, 4.69) is 28.6 Å². The summed E-state index contributed by atoms with van der Waals surface area (Å²) in [4.78, 5) is 15.0. The van der Waals surface area contributed by atoms with Crippen LogP contribution in [-0.2, 0) is 17.8 Å². The molecule has 1 heterocycles. The first kappa shape index (κ1) is 20.3. The minimum atomic E-state index is -0.491. The van der Waals surface area contributed by atoms with Crippen molar-refractivity contribution < 1.29 is 13.9 Å². The number of nitrogens with two attached hydrogens (primary N) is 1. The van der Waals surface area contributed by atoms with Crippen LogP contribution in [-0.4, -0.2) is 32.1 Å². The maximum Gasteiger partial charge on any atom is 0.255 e. The topological polar surface area (TPSA) is 102 Å². The number of carbonyl (C=O) groups excluding carboxylic acids is 1. The molecule has 0 aliphatic heterocycles. The largest absolute Gasteiger partial charge is 0.484 e. The summed E-state index contributed by atoms with van der Waals surface area (Å²) >= 11 is 0. The number of para-hydroxylation sites is 1. The zero-order valence-electron chi connectivity index (χ0n) is 16.7. The van der Waals surface area contributed by atoms with Crippen molar-refractivity contribution in [2.24, 2.45) is 10.7 Å². The molecule has 3 rings (SSSR count). The molecule has 1 aromatic heterocycles. The minimum absolute atomic E-state index is 0.117. The molecule has 7 nitrogen and oxygen atoms in total. The van der Waals surface area contributed by atoms with Gasteiger partial charge in [-0.3, -0.25) is 9.79 Å². The minimum Gasteiger partial charge on any atom is -0.484 e. The number of aliphatic imine (C=N–C) groups is 1. The van der Waals surface area contributed by atoms with Crippen molar-refractivity contribution in [1.29, 1.82) is 0 Å². The van der Waals surface area contributed by atoms with Crippen molar-refractivity contribution in [3.05, 3.63) is 65.4 Å². The van der Waals surface area contributed by atoms with E-state index in [1.165, 1.54) is 0 Å². The number of primary amides is 1. The van der Waals surface area contributed by atoms with Gasteiger partial charge in [-0.2, -0.15) is 0 Å². The third kappa shape index (κ3) is 5.51. The molecule has 0 aliphatic carbocycles. The fourth-order valence-electron chi connectivity index (χ4n) is 3.01. The van der Waals surface area contributed by atoms with Crippen LogP contribution in [0.25, 0.3) is 11.0 Å². The highest BCUT2D eigenvalue weighted by molar-refractivity contribution is 5.83. The van der Waals surface area contributed by atoms with E-state index in [4.69, 9.17) is 14.9 Å². The zero-order valence-corrected chi connectivity index (χ0v) is 16.7. The third-order valence-corrected chi connectivity index (χ3v) is 4.59. The van der Waals surface area contributed by atoms with Gasteiger partial charge in [0.25, 0.3) is 5.91 Å². The van der Waals surface area contributed by atoms with Crippen LogP contribution in [0.5, 0.6) is 5.75 Å². The number of guanidine groups is 1. The van der Waals surface area contributed by atoms with Crippen molar-refractivity contribution in [2.75, 3.05) is 20.2 Å². The number of amides is 1. The Morgan fingerprint density at radius 1 is 1.14 bits per heavy atom. The van der Waals surface area contributed by atoms with Crippen molar-refractivity contribution >= 4 is 22.8 Å². The smallest absolute Gasteiger partial charge is 0.255 e. The predicted octanol–water partition coefficient (Wildman–Crippen LogP) is 2.51. The van der Waals surface area contributed by atoms with E-state index in [1.54, 1.807) is 7.05 Å². The predicted molar refractivity (Wildman–Crippen MR) is 114 cm³/mol. The Kier molecular flexibility index (Phi) is 6.73. The molecular formula is C22H26N4O3. The van der Waals surface area contributed by atoms with Crippen LogP contribution in [0.3, 0.4) is 0 Å². The molecule has 0 aliphatic rings. The number of rotatable bonds is 8. The summed E-state index contributed by atoms with van der Waals surface area (Å²) in [7, 11) is 1.74. The molecule has 0 radical (unpaired) electrons. The standard InChI is InChI=1S/C22H26N4O3/c1-15-18-5-3-4-6-19(18)29-20(15)13-26-22(24-2)25-12-11-16-7-9-17(10-8-16)28-14-21(23)27/h3-10H,11-14H2,1-2H3,(H2,23,27)(H2,24,25,26). The number of furan rings is 1. The molecule has 152 valence electrons. The van der Waals surface area contributed by atoms with Crippen LogP contribution in [0.4, 0.5) is 0 Å². The molecule has 29 heavy (non-hydrogen) atoms. The number of nitrogens with one attached hydrogen (secondary N) is 2. The van der Waals surface area contributed by atoms with Crippen molar-refractivity contribution in [2.45, 2.75) is 19.9 Å². The lowest BCUT2D eigenvalue weighted by Gasteiger charge is -2.11. The summed E-state index contributed by atoms with van der Waals surface area (Å²) in [5, 5.41) is 7.73. The number of hydrogen-bond donors (Lipinski definition) is 3. The first-order valence-electron chi connectivity index (χ1n) is 9.48. The summed E-state index contributed by atoms with van der Waals surface area (Å²) in [5.74, 6) is 1.75. The number of benzene rings is 2. The van der Waals surface area contributed by atoms with Crippen LogP contribution in [0, 0.1) is 6.92 Å². The summed E-state index contributed by atoms with van der Waals surface area (Å²) in [5.41, 5.74) is 8.25. The van der Waals surface area contributed by atoms with Crippen LogP contribution >= 0.6 is 0 Å². The average Bonchev–Trinajstić information content (AvgIpc) is 3.05. The van der Waals surface area contributed by atoms with E-state index < -0.39 is 5.91 Å². The third-order valence-electron chi connectivity index (χ3n) is 4.59. The second-order valence-electron chi connectivity index (χ2n) is 6.65. The first-order chi connectivity index (χ1) is 14.1. The number of aryl methyl sites for hydroxylation is 1.